The Morgan fingerprint density at radius 3 is 1.27 bits per heavy atom. The van der Waals surface area contributed by atoms with E-state index < -0.39 is 0 Å². The Morgan fingerprint density at radius 1 is 0.600 bits per heavy atom. The van der Waals surface area contributed by atoms with Gasteiger partial charge >= 0.3 is 21.2 Å². The normalized spacial score (nSPS) is 8.53. The molecule has 0 aliphatic heterocycles. The summed E-state index contributed by atoms with van der Waals surface area (Å²) in [6.07, 6.45) is 0. The van der Waals surface area contributed by atoms with E-state index >= 15 is 0 Å². The summed E-state index contributed by atoms with van der Waals surface area (Å²) in [4.78, 5) is 0. The molecule has 2 aromatic carbocycles. The fourth-order valence-electron chi connectivity index (χ4n) is 1.08. The maximum Gasteiger partial charge on any atom is 0.357 e. The van der Waals surface area contributed by atoms with Crippen LogP contribution in [0.25, 0.3) is 0 Å². The summed E-state index contributed by atoms with van der Waals surface area (Å²) in [6.45, 7) is 0. The summed E-state index contributed by atoms with van der Waals surface area (Å²) in [6, 6.07) is 21.4. The van der Waals surface area contributed by atoms with Crippen LogP contribution in [-0.4, -0.2) is 5.48 Å². The first kappa shape index (κ1) is 14.4. The van der Waals surface area contributed by atoms with Gasteiger partial charge in [-0.3, -0.25) is 0 Å². The molecular weight excluding hydrogens is 322 g/mol. The predicted octanol–water partition coefficient (Wildman–Crippen LogP) is -4.01. The summed E-state index contributed by atoms with van der Waals surface area (Å²) in [5.41, 5.74) is 0. The van der Waals surface area contributed by atoms with Crippen LogP contribution >= 0.6 is 0 Å². The zero-order valence-corrected chi connectivity index (χ0v) is 10.9. The smallest absolute Gasteiger partial charge is 0.357 e. The Hall–Kier alpha value is -0.580. The van der Waals surface area contributed by atoms with Crippen molar-refractivity contribution >= 4 is 0 Å². The average Bonchev–Trinajstić information content (AvgIpc) is 2.21. The topological polar surface area (TPSA) is 31.5 Å². The van der Waals surface area contributed by atoms with Gasteiger partial charge in [0, 0.05) is 0 Å². The van der Waals surface area contributed by atoms with Gasteiger partial charge in [0.15, 0.2) is 7.14 Å². The first-order valence-corrected chi connectivity index (χ1v) is 6.36. The number of benzene rings is 2. The van der Waals surface area contributed by atoms with Gasteiger partial charge < -0.3 is 17.9 Å². The lowest BCUT2D eigenvalue weighted by molar-refractivity contribution is -0.597. The van der Waals surface area contributed by atoms with Crippen molar-refractivity contribution in [1.29, 1.82) is 0 Å². The number of hydrogen-bond acceptors (Lipinski definition) is 0. The van der Waals surface area contributed by atoms with Crippen LogP contribution in [0.2, 0.25) is 0 Å². The second-order valence-electron chi connectivity index (χ2n) is 2.69. The molecule has 2 aromatic rings. The summed E-state index contributed by atoms with van der Waals surface area (Å²) in [7, 11) is 0. The highest BCUT2D eigenvalue weighted by Gasteiger charge is 2.12. The molecule has 0 saturated heterocycles. The monoisotopic (exact) mass is 334 g/mol. The highest BCUT2D eigenvalue weighted by Crippen LogP contribution is 1.85. The van der Waals surface area contributed by atoms with E-state index in [-0.39, 0.29) is 39.1 Å². The van der Waals surface area contributed by atoms with E-state index in [2.05, 4.69) is 60.7 Å². The quantitative estimate of drug-likeness (QED) is 0.502. The molecule has 0 aliphatic carbocycles. The first-order chi connectivity index (χ1) is 6.45. The summed E-state index contributed by atoms with van der Waals surface area (Å²) >= 11 is 0.0287. The van der Waals surface area contributed by atoms with E-state index in [0.29, 0.717) is 0 Å². The Labute approximate surface area is 107 Å². The van der Waals surface area contributed by atoms with E-state index in [9.17, 15) is 0 Å². The van der Waals surface area contributed by atoms with Crippen molar-refractivity contribution < 1.29 is 39.1 Å². The summed E-state index contributed by atoms with van der Waals surface area (Å²) in [5, 5.41) is 0. The van der Waals surface area contributed by atoms with Crippen LogP contribution in [0.15, 0.2) is 60.7 Å². The molecule has 0 heterocycles. The van der Waals surface area contributed by atoms with Gasteiger partial charge in [-0.05, 0) is 24.3 Å². The lowest BCUT2D eigenvalue weighted by Crippen LogP contribution is -3.61. The number of rotatable bonds is 2. The van der Waals surface area contributed by atoms with Crippen molar-refractivity contribution in [2.45, 2.75) is 0 Å². The molecule has 0 aromatic heterocycles. The largest absolute Gasteiger partial charge is 1.00 e. The van der Waals surface area contributed by atoms with E-state index in [4.69, 9.17) is 0 Å². The van der Waals surface area contributed by atoms with E-state index in [1.54, 1.807) is 0 Å². The third-order valence-corrected chi connectivity index (χ3v) is 4.37. The van der Waals surface area contributed by atoms with E-state index in [1.807, 2.05) is 0 Å². The molecule has 0 bridgehead atoms. The van der Waals surface area contributed by atoms with Crippen LogP contribution < -0.4 is 33.6 Å². The van der Waals surface area contributed by atoms with Crippen LogP contribution in [0, 0.1) is 7.14 Å². The van der Waals surface area contributed by atoms with Crippen molar-refractivity contribution in [3.63, 3.8) is 0 Å². The van der Waals surface area contributed by atoms with Crippen LogP contribution in [0.3, 0.4) is 0 Å². The molecule has 0 amide bonds. The zero-order valence-electron chi connectivity index (χ0n) is 8.03. The van der Waals surface area contributed by atoms with Crippen molar-refractivity contribution in [1.82, 2.24) is 0 Å². The van der Waals surface area contributed by atoms with Gasteiger partial charge in [0.2, 0.25) is 0 Å². The Morgan fingerprint density at radius 2 is 0.933 bits per heavy atom. The van der Waals surface area contributed by atoms with Gasteiger partial charge in [-0.25, -0.2) is 0 Å². The molecule has 3 heteroatoms. The van der Waals surface area contributed by atoms with Crippen LogP contribution in [-0.2, 0) is 0 Å². The highest BCUT2D eigenvalue weighted by molar-refractivity contribution is 5.02. The molecule has 0 spiro atoms. The molecular formula is C12H12ClIO. The third kappa shape index (κ3) is 4.64. The third-order valence-electron chi connectivity index (χ3n) is 1.68. The molecule has 0 aliphatic rings. The Balaban J connectivity index is 0.000000980. The number of halogens is 2. The van der Waals surface area contributed by atoms with Crippen LogP contribution in [0.5, 0.6) is 0 Å². The second-order valence-corrected chi connectivity index (χ2v) is 5.72. The number of hydrogen-bond donors (Lipinski definition) is 0. The van der Waals surface area contributed by atoms with E-state index in [0.717, 1.165) is 0 Å². The maximum atomic E-state index is 2.21. The molecule has 2 N–H and O–H groups in total. The molecule has 0 radical (unpaired) electrons. The maximum absolute atomic E-state index is 2.21. The van der Waals surface area contributed by atoms with Crippen LogP contribution in [0.4, 0.5) is 0 Å². The molecule has 0 saturated carbocycles. The summed E-state index contributed by atoms with van der Waals surface area (Å²) < 4.78 is 2.96. The molecule has 0 fully saturated rings. The Kier molecular flexibility index (Phi) is 7.38. The molecule has 80 valence electrons. The van der Waals surface area contributed by atoms with Gasteiger partial charge in [-0.2, -0.15) is 0 Å². The molecule has 2 rings (SSSR count). The zero-order chi connectivity index (χ0) is 8.93. The van der Waals surface area contributed by atoms with Gasteiger partial charge in [-0.1, -0.05) is 36.4 Å². The van der Waals surface area contributed by atoms with Crippen molar-refractivity contribution in [2.24, 2.45) is 0 Å². The van der Waals surface area contributed by atoms with E-state index in [1.165, 1.54) is 7.14 Å². The minimum atomic E-state index is 0. The van der Waals surface area contributed by atoms with Gasteiger partial charge in [0.25, 0.3) is 0 Å². The SMILES string of the molecule is O.[Cl-].c1ccc([I+]c2ccccc2)cc1. The van der Waals surface area contributed by atoms with Crippen molar-refractivity contribution in [2.75, 3.05) is 0 Å². The molecule has 15 heavy (non-hydrogen) atoms. The minimum Gasteiger partial charge on any atom is -1.00 e. The average molecular weight is 335 g/mol. The Bertz CT molecular complexity index is 326. The summed E-state index contributed by atoms with van der Waals surface area (Å²) in [5.74, 6) is 0. The highest BCUT2D eigenvalue weighted by atomic mass is 127. The predicted molar refractivity (Wildman–Crippen MR) is 53.9 cm³/mol. The fraction of sp³-hybridized carbons (Fsp3) is 0. The molecule has 0 atom stereocenters. The lowest BCUT2D eigenvalue weighted by atomic mass is 10.4. The van der Waals surface area contributed by atoms with Gasteiger partial charge in [-0.15, -0.1) is 0 Å². The first-order valence-electron chi connectivity index (χ1n) is 4.20. The van der Waals surface area contributed by atoms with Crippen LogP contribution in [0.1, 0.15) is 0 Å². The van der Waals surface area contributed by atoms with Gasteiger partial charge in [0.1, 0.15) is 0 Å². The fourth-order valence-corrected chi connectivity index (χ4v) is 3.35. The standard InChI is InChI=1S/C12H10I.ClH.H2O/c1-3-7-11(8-4-1)13-12-9-5-2-6-10-12;;/h1-10H;1H;1H2/q+1;;/p-1. The molecule has 1 nitrogen and oxygen atoms in total. The van der Waals surface area contributed by atoms with Gasteiger partial charge in [0.05, 0.1) is 0 Å². The van der Waals surface area contributed by atoms with Crippen molar-refractivity contribution in [3.05, 3.63) is 67.8 Å². The molecule has 0 unspecified atom stereocenters. The lowest BCUT2D eigenvalue weighted by Gasteiger charge is -1.84. The minimum absolute atomic E-state index is 0. The van der Waals surface area contributed by atoms with Crippen molar-refractivity contribution in [3.8, 4) is 0 Å². The second kappa shape index (κ2) is 7.68.